The highest BCUT2D eigenvalue weighted by Crippen LogP contribution is 2.31. The summed E-state index contributed by atoms with van der Waals surface area (Å²) in [7, 11) is 0. The Balaban J connectivity index is 1.90. The third kappa shape index (κ3) is 6.50. The fourth-order valence-electron chi connectivity index (χ4n) is 2.56. The van der Waals surface area contributed by atoms with E-state index in [1.54, 1.807) is 0 Å². The van der Waals surface area contributed by atoms with Crippen molar-refractivity contribution in [3.05, 3.63) is 12.7 Å². The van der Waals surface area contributed by atoms with Crippen LogP contribution in [0.1, 0.15) is 58.3 Å². The molecule has 0 aromatic rings. The van der Waals surface area contributed by atoms with Crippen LogP contribution in [-0.4, -0.2) is 12.6 Å². The molecule has 1 fully saturated rings. The lowest BCUT2D eigenvalue weighted by Crippen LogP contribution is -2.12. The van der Waals surface area contributed by atoms with E-state index in [9.17, 15) is 4.79 Å². The van der Waals surface area contributed by atoms with Crippen molar-refractivity contribution in [2.75, 3.05) is 6.61 Å². The van der Waals surface area contributed by atoms with E-state index in [1.165, 1.54) is 51.0 Å². The molecule has 17 heavy (non-hydrogen) atoms. The summed E-state index contributed by atoms with van der Waals surface area (Å²) in [6, 6.07) is 0. The van der Waals surface area contributed by atoms with Gasteiger partial charge in [-0.15, -0.1) is 0 Å². The first-order chi connectivity index (χ1) is 8.22. The average Bonchev–Trinajstić information content (AvgIpc) is 2.35. The van der Waals surface area contributed by atoms with E-state index < -0.39 is 0 Å². The van der Waals surface area contributed by atoms with Crippen LogP contribution >= 0.6 is 0 Å². The number of rotatable bonds is 7. The normalized spacial score (nSPS) is 24.3. The maximum absolute atomic E-state index is 10.8. The molecular formula is C15H26O2. The minimum Gasteiger partial charge on any atom is -0.463 e. The molecule has 0 spiro atoms. The highest BCUT2D eigenvalue weighted by atomic mass is 16.5. The summed E-state index contributed by atoms with van der Waals surface area (Å²) in [5.41, 5.74) is 0. The molecule has 0 heterocycles. The molecule has 0 aromatic carbocycles. The third-order valence-corrected chi connectivity index (χ3v) is 3.80. The summed E-state index contributed by atoms with van der Waals surface area (Å²) in [6.07, 6.45) is 11.7. The molecule has 2 heteroatoms. The number of carbonyl (C=O) groups excluding carboxylic acids is 1. The molecule has 0 amide bonds. The van der Waals surface area contributed by atoms with Crippen molar-refractivity contribution < 1.29 is 9.53 Å². The van der Waals surface area contributed by atoms with Crippen LogP contribution in [0.15, 0.2) is 12.7 Å². The first-order valence-corrected chi connectivity index (χ1v) is 7.01. The van der Waals surface area contributed by atoms with E-state index in [0.29, 0.717) is 6.61 Å². The Bertz CT molecular complexity index is 227. The van der Waals surface area contributed by atoms with Gasteiger partial charge in [0, 0.05) is 6.08 Å². The van der Waals surface area contributed by atoms with Gasteiger partial charge in [-0.1, -0.05) is 58.4 Å². The second-order valence-corrected chi connectivity index (χ2v) is 5.35. The van der Waals surface area contributed by atoms with Gasteiger partial charge in [-0.2, -0.15) is 0 Å². The average molecular weight is 238 g/mol. The first kappa shape index (κ1) is 14.3. The Kier molecular flexibility index (Phi) is 6.99. The SMILES string of the molecule is C=CC(=O)OCCCCCC1CCC(C)CC1. The van der Waals surface area contributed by atoms with Crippen molar-refractivity contribution in [1.82, 2.24) is 0 Å². The van der Waals surface area contributed by atoms with Crippen molar-refractivity contribution in [1.29, 1.82) is 0 Å². The zero-order chi connectivity index (χ0) is 12.5. The summed E-state index contributed by atoms with van der Waals surface area (Å²) in [6.45, 7) is 6.28. The van der Waals surface area contributed by atoms with E-state index in [4.69, 9.17) is 4.74 Å². The van der Waals surface area contributed by atoms with Crippen molar-refractivity contribution in [2.45, 2.75) is 58.3 Å². The predicted molar refractivity (Wildman–Crippen MR) is 70.7 cm³/mol. The maximum Gasteiger partial charge on any atom is 0.330 e. The highest BCUT2D eigenvalue weighted by molar-refractivity contribution is 5.81. The van der Waals surface area contributed by atoms with Gasteiger partial charge in [0.1, 0.15) is 0 Å². The van der Waals surface area contributed by atoms with Crippen LogP contribution in [0.2, 0.25) is 0 Å². The monoisotopic (exact) mass is 238 g/mol. The topological polar surface area (TPSA) is 26.3 Å². The fraction of sp³-hybridized carbons (Fsp3) is 0.800. The molecule has 1 aliphatic carbocycles. The quantitative estimate of drug-likeness (QED) is 0.379. The van der Waals surface area contributed by atoms with Gasteiger partial charge >= 0.3 is 5.97 Å². The number of carbonyl (C=O) groups is 1. The molecular weight excluding hydrogens is 212 g/mol. The minimum atomic E-state index is -0.300. The van der Waals surface area contributed by atoms with E-state index in [2.05, 4.69) is 13.5 Å². The predicted octanol–water partition coefficient (Wildman–Crippen LogP) is 4.10. The van der Waals surface area contributed by atoms with Crippen LogP contribution in [-0.2, 0) is 9.53 Å². The van der Waals surface area contributed by atoms with E-state index >= 15 is 0 Å². The lowest BCUT2D eigenvalue weighted by Gasteiger charge is -2.25. The number of esters is 1. The number of ether oxygens (including phenoxy) is 1. The zero-order valence-electron chi connectivity index (χ0n) is 11.1. The summed E-state index contributed by atoms with van der Waals surface area (Å²) in [4.78, 5) is 10.8. The Morgan fingerprint density at radius 2 is 1.94 bits per heavy atom. The van der Waals surface area contributed by atoms with Crippen molar-refractivity contribution in [3.63, 3.8) is 0 Å². The molecule has 1 rings (SSSR count). The molecule has 98 valence electrons. The van der Waals surface area contributed by atoms with Gasteiger partial charge in [-0.3, -0.25) is 0 Å². The Morgan fingerprint density at radius 3 is 2.59 bits per heavy atom. The molecule has 0 radical (unpaired) electrons. The second-order valence-electron chi connectivity index (χ2n) is 5.35. The summed E-state index contributed by atoms with van der Waals surface area (Å²) >= 11 is 0. The summed E-state index contributed by atoms with van der Waals surface area (Å²) < 4.78 is 4.94. The number of hydrogen-bond donors (Lipinski definition) is 0. The largest absolute Gasteiger partial charge is 0.463 e. The van der Waals surface area contributed by atoms with Gasteiger partial charge < -0.3 is 4.74 Å². The zero-order valence-corrected chi connectivity index (χ0v) is 11.1. The second kappa shape index (κ2) is 8.32. The first-order valence-electron chi connectivity index (χ1n) is 7.01. The Labute approximate surface area is 105 Å². The Morgan fingerprint density at radius 1 is 1.24 bits per heavy atom. The summed E-state index contributed by atoms with van der Waals surface area (Å²) in [5, 5.41) is 0. The van der Waals surface area contributed by atoms with Crippen LogP contribution in [0.4, 0.5) is 0 Å². The Hall–Kier alpha value is -0.790. The molecule has 0 N–H and O–H groups in total. The molecule has 0 aliphatic heterocycles. The van der Waals surface area contributed by atoms with Gasteiger partial charge in [-0.05, 0) is 18.3 Å². The van der Waals surface area contributed by atoms with Gasteiger partial charge in [0.25, 0.3) is 0 Å². The van der Waals surface area contributed by atoms with Crippen LogP contribution in [0.3, 0.4) is 0 Å². The van der Waals surface area contributed by atoms with Gasteiger partial charge in [0.15, 0.2) is 0 Å². The van der Waals surface area contributed by atoms with E-state index in [-0.39, 0.29) is 5.97 Å². The van der Waals surface area contributed by atoms with Gasteiger partial charge in [0.05, 0.1) is 6.61 Å². The highest BCUT2D eigenvalue weighted by Gasteiger charge is 2.17. The minimum absolute atomic E-state index is 0.300. The molecule has 0 unspecified atom stereocenters. The van der Waals surface area contributed by atoms with E-state index in [1.807, 2.05) is 0 Å². The maximum atomic E-state index is 10.8. The molecule has 1 aliphatic rings. The van der Waals surface area contributed by atoms with E-state index in [0.717, 1.165) is 18.3 Å². The fourth-order valence-corrected chi connectivity index (χ4v) is 2.56. The van der Waals surface area contributed by atoms with Crippen molar-refractivity contribution in [2.24, 2.45) is 11.8 Å². The van der Waals surface area contributed by atoms with Crippen LogP contribution in [0.25, 0.3) is 0 Å². The molecule has 0 saturated heterocycles. The molecule has 0 aromatic heterocycles. The standard InChI is InChI=1S/C15H26O2/c1-3-15(16)17-12-6-4-5-7-14-10-8-13(2)9-11-14/h3,13-14H,1,4-12H2,2H3. The van der Waals surface area contributed by atoms with Crippen LogP contribution < -0.4 is 0 Å². The molecule has 2 nitrogen and oxygen atoms in total. The van der Waals surface area contributed by atoms with Crippen molar-refractivity contribution >= 4 is 5.97 Å². The van der Waals surface area contributed by atoms with Gasteiger partial charge in [-0.25, -0.2) is 4.79 Å². The van der Waals surface area contributed by atoms with Gasteiger partial charge in [0.2, 0.25) is 0 Å². The molecule has 0 bridgehead atoms. The lowest BCUT2D eigenvalue weighted by molar-refractivity contribution is -0.137. The number of hydrogen-bond acceptors (Lipinski definition) is 2. The van der Waals surface area contributed by atoms with Crippen molar-refractivity contribution in [3.8, 4) is 0 Å². The molecule has 0 atom stereocenters. The summed E-state index contributed by atoms with van der Waals surface area (Å²) in [5.74, 6) is 1.61. The van der Waals surface area contributed by atoms with Crippen LogP contribution in [0, 0.1) is 11.8 Å². The van der Waals surface area contributed by atoms with Crippen LogP contribution in [0.5, 0.6) is 0 Å². The molecule has 1 saturated carbocycles. The lowest BCUT2D eigenvalue weighted by atomic mass is 9.80. The third-order valence-electron chi connectivity index (χ3n) is 3.80. The number of unbranched alkanes of at least 4 members (excludes halogenated alkanes) is 2. The smallest absolute Gasteiger partial charge is 0.330 e.